The van der Waals surface area contributed by atoms with E-state index in [1.165, 1.54) is 0 Å². The number of hydrogen-bond donors (Lipinski definition) is 1. The van der Waals surface area contributed by atoms with Crippen molar-refractivity contribution in [1.29, 1.82) is 0 Å². The molecule has 130 valence electrons. The lowest BCUT2D eigenvalue weighted by atomic mass is 10.0. The van der Waals surface area contributed by atoms with E-state index in [0.29, 0.717) is 18.4 Å². The lowest BCUT2D eigenvalue weighted by Crippen LogP contribution is -2.39. The van der Waals surface area contributed by atoms with E-state index in [1.54, 1.807) is 0 Å². The Morgan fingerprint density at radius 1 is 1.39 bits per heavy atom. The quantitative estimate of drug-likeness (QED) is 0.896. The molecule has 1 heterocycles. The summed E-state index contributed by atoms with van der Waals surface area (Å²) in [5.74, 6) is 1.69. The summed E-state index contributed by atoms with van der Waals surface area (Å²) in [6.45, 7) is 10.3. The summed E-state index contributed by atoms with van der Waals surface area (Å²) in [6, 6.07) is 6.19. The highest BCUT2D eigenvalue weighted by Gasteiger charge is 2.29. The molecule has 4 nitrogen and oxygen atoms in total. The Bertz CT molecular complexity index is 534. The summed E-state index contributed by atoms with van der Waals surface area (Å²) in [6.07, 6.45) is 0.534. The number of aryl methyl sites for hydroxylation is 1. The molecular weight excluding hydrogens is 312 g/mol. The highest BCUT2D eigenvalue weighted by molar-refractivity contribution is 5.85. The van der Waals surface area contributed by atoms with Gasteiger partial charge in [0.2, 0.25) is 0 Å². The number of rotatable bonds is 5. The minimum absolute atomic E-state index is 0. The second-order valence-electron chi connectivity index (χ2n) is 6.63. The molecule has 1 amide bonds. The van der Waals surface area contributed by atoms with Gasteiger partial charge < -0.3 is 15.4 Å². The number of carbonyl (C=O) groups is 1. The summed E-state index contributed by atoms with van der Waals surface area (Å²) in [5, 5.41) is 0. The van der Waals surface area contributed by atoms with Crippen LogP contribution in [-0.2, 0) is 4.79 Å². The van der Waals surface area contributed by atoms with Crippen LogP contribution in [-0.4, -0.2) is 36.5 Å². The second-order valence-corrected chi connectivity index (χ2v) is 6.63. The molecule has 1 aromatic carbocycles. The van der Waals surface area contributed by atoms with Gasteiger partial charge in [-0.2, -0.15) is 0 Å². The molecule has 1 fully saturated rings. The third-order valence-electron chi connectivity index (χ3n) is 4.37. The molecule has 0 bridgehead atoms. The third-order valence-corrected chi connectivity index (χ3v) is 4.37. The first-order chi connectivity index (χ1) is 10.4. The monoisotopic (exact) mass is 340 g/mol. The number of carbonyl (C=O) groups excluding carboxylic acids is 1. The van der Waals surface area contributed by atoms with Gasteiger partial charge in [0.25, 0.3) is 5.91 Å². The highest BCUT2D eigenvalue weighted by atomic mass is 35.5. The summed E-state index contributed by atoms with van der Waals surface area (Å²) in [5.41, 5.74) is 7.98. The minimum atomic E-state index is -0.462. The smallest absolute Gasteiger partial charge is 0.263 e. The molecule has 1 aliphatic heterocycles. The summed E-state index contributed by atoms with van der Waals surface area (Å²) >= 11 is 0. The number of likely N-dealkylation sites (tertiary alicyclic amines) is 1. The van der Waals surface area contributed by atoms with Gasteiger partial charge in [0.05, 0.1) is 0 Å². The van der Waals surface area contributed by atoms with Gasteiger partial charge in [0, 0.05) is 13.1 Å². The molecule has 23 heavy (non-hydrogen) atoms. The lowest BCUT2D eigenvalue weighted by molar-refractivity contribution is -0.137. The van der Waals surface area contributed by atoms with Crippen molar-refractivity contribution in [1.82, 2.24) is 4.90 Å². The Balaban J connectivity index is 0.00000264. The number of halogens is 1. The molecule has 1 saturated heterocycles. The Labute approximate surface area is 145 Å². The van der Waals surface area contributed by atoms with Gasteiger partial charge in [-0.1, -0.05) is 26.0 Å². The fourth-order valence-corrected chi connectivity index (χ4v) is 2.94. The van der Waals surface area contributed by atoms with Crippen molar-refractivity contribution in [2.75, 3.05) is 19.6 Å². The predicted octanol–water partition coefficient (Wildman–Crippen LogP) is 3.11. The standard InChI is InChI=1S/C18H28N2O2.ClH/c1-12(2)16-6-5-13(3)9-17(16)22-14(4)18(21)20-8-7-15(10-19)11-20;/h5-6,9,12,14-15H,7-8,10-11,19H2,1-4H3;1H. The van der Waals surface area contributed by atoms with Crippen LogP contribution < -0.4 is 10.5 Å². The van der Waals surface area contributed by atoms with Crippen LogP contribution in [0.3, 0.4) is 0 Å². The van der Waals surface area contributed by atoms with E-state index in [-0.39, 0.29) is 18.3 Å². The molecule has 2 N–H and O–H groups in total. The average molecular weight is 341 g/mol. The highest BCUT2D eigenvalue weighted by Crippen LogP contribution is 2.29. The Morgan fingerprint density at radius 3 is 2.65 bits per heavy atom. The van der Waals surface area contributed by atoms with E-state index in [2.05, 4.69) is 26.0 Å². The minimum Gasteiger partial charge on any atom is -0.481 e. The number of benzene rings is 1. The number of hydrogen-bond acceptors (Lipinski definition) is 3. The van der Waals surface area contributed by atoms with E-state index >= 15 is 0 Å². The molecule has 2 unspecified atom stereocenters. The Hall–Kier alpha value is -1.26. The molecule has 0 spiro atoms. The SMILES string of the molecule is Cc1ccc(C(C)C)c(OC(C)C(=O)N2CCC(CN)C2)c1.Cl. The van der Waals surface area contributed by atoms with Crippen LogP contribution in [0.4, 0.5) is 0 Å². The predicted molar refractivity (Wildman–Crippen MR) is 96.3 cm³/mol. The molecule has 2 atom stereocenters. The summed E-state index contributed by atoms with van der Waals surface area (Å²) < 4.78 is 6.01. The van der Waals surface area contributed by atoms with Crippen molar-refractivity contribution in [3.63, 3.8) is 0 Å². The van der Waals surface area contributed by atoms with Crippen LogP contribution in [0.25, 0.3) is 0 Å². The van der Waals surface area contributed by atoms with Gasteiger partial charge in [-0.05, 0) is 55.8 Å². The summed E-state index contributed by atoms with van der Waals surface area (Å²) in [7, 11) is 0. The maximum absolute atomic E-state index is 12.5. The van der Waals surface area contributed by atoms with E-state index in [0.717, 1.165) is 36.4 Å². The van der Waals surface area contributed by atoms with Crippen molar-refractivity contribution in [2.24, 2.45) is 11.7 Å². The number of amides is 1. The first kappa shape index (κ1) is 19.8. The number of nitrogens with zero attached hydrogens (tertiary/aromatic N) is 1. The molecule has 0 aromatic heterocycles. The van der Waals surface area contributed by atoms with Crippen LogP contribution in [0, 0.1) is 12.8 Å². The van der Waals surface area contributed by atoms with E-state index in [9.17, 15) is 4.79 Å². The van der Waals surface area contributed by atoms with Gasteiger partial charge in [0.1, 0.15) is 5.75 Å². The topological polar surface area (TPSA) is 55.6 Å². The average Bonchev–Trinajstić information content (AvgIpc) is 2.95. The largest absolute Gasteiger partial charge is 0.481 e. The zero-order valence-electron chi connectivity index (χ0n) is 14.5. The van der Waals surface area contributed by atoms with Crippen LogP contribution in [0.5, 0.6) is 5.75 Å². The van der Waals surface area contributed by atoms with Crippen molar-refractivity contribution < 1.29 is 9.53 Å². The number of nitrogens with two attached hydrogens (primary N) is 1. The fraction of sp³-hybridized carbons (Fsp3) is 0.611. The van der Waals surface area contributed by atoms with Crippen LogP contribution in [0.2, 0.25) is 0 Å². The zero-order valence-corrected chi connectivity index (χ0v) is 15.4. The maximum Gasteiger partial charge on any atom is 0.263 e. The van der Waals surface area contributed by atoms with Crippen LogP contribution in [0.1, 0.15) is 44.2 Å². The van der Waals surface area contributed by atoms with Crippen molar-refractivity contribution in [3.05, 3.63) is 29.3 Å². The first-order valence-corrected chi connectivity index (χ1v) is 8.18. The maximum atomic E-state index is 12.5. The molecule has 0 radical (unpaired) electrons. The van der Waals surface area contributed by atoms with E-state index in [1.807, 2.05) is 24.8 Å². The zero-order chi connectivity index (χ0) is 16.3. The molecule has 5 heteroatoms. The van der Waals surface area contributed by atoms with Gasteiger partial charge >= 0.3 is 0 Å². The van der Waals surface area contributed by atoms with Gasteiger partial charge in [-0.15, -0.1) is 12.4 Å². The molecule has 0 saturated carbocycles. The van der Waals surface area contributed by atoms with E-state index in [4.69, 9.17) is 10.5 Å². The van der Waals surface area contributed by atoms with Gasteiger partial charge in [-0.25, -0.2) is 0 Å². The van der Waals surface area contributed by atoms with Crippen molar-refractivity contribution in [2.45, 2.75) is 46.1 Å². The lowest BCUT2D eigenvalue weighted by Gasteiger charge is -2.23. The van der Waals surface area contributed by atoms with E-state index < -0.39 is 6.10 Å². The fourth-order valence-electron chi connectivity index (χ4n) is 2.94. The first-order valence-electron chi connectivity index (χ1n) is 8.18. The molecular formula is C18H29ClN2O2. The van der Waals surface area contributed by atoms with Gasteiger partial charge in [-0.3, -0.25) is 4.79 Å². The van der Waals surface area contributed by atoms with Crippen molar-refractivity contribution in [3.8, 4) is 5.75 Å². The van der Waals surface area contributed by atoms with Crippen LogP contribution >= 0.6 is 12.4 Å². The third kappa shape index (κ3) is 4.85. The van der Waals surface area contributed by atoms with Gasteiger partial charge in [0.15, 0.2) is 6.10 Å². The van der Waals surface area contributed by atoms with Crippen molar-refractivity contribution >= 4 is 18.3 Å². The Kier molecular flexibility index (Phi) is 7.36. The molecule has 0 aliphatic carbocycles. The number of ether oxygens (including phenoxy) is 1. The second kappa shape index (κ2) is 8.55. The van der Waals surface area contributed by atoms with Crippen LogP contribution in [0.15, 0.2) is 18.2 Å². The molecule has 2 rings (SSSR count). The molecule has 1 aromatic rings. The Morgan fingerprint density at radius 2 is 2.09 bits per heavy atom. The summed E-state index contributed by atoms with van der Waals surface area (Å²) in [4.78, 5) is 14.4. The normalized spacial score (nSPS) is 18.7. The molecule has 1 aliphatic rings.